The molecule has 0 saturated heterocycles. The van der Waals surface area contributed by atoms with Gasteiger partial charge in [-0.15, -0.1) is 0 Å². The van der Waals surface area contributed by atoms with E-state index in [0.717, 1.165) is 5.56 Å². The number of aryl methyl sites for hydroxylation is 1. The van der Waals surface area contributed by atoms with Crippen LogP contribution in [0.15, 0.2) is 61.2 Å². The number of pyridine rings is 2. The molecule has 0 atom stereocenters. The number of benzene rings is 1. The quantitative estimate of drug-likeness (QED) is 0.503. The lowest BCUT2D eigenvalue weighted by Gasteiger charge is -2.03. The van der Waals surface area contributed by atoms with Crippen molar-refractivity contribution in [3.05, 3.63) is 61.2 Å². The van der Waals surface area contributed by atoms with Crippen LogP contribution in [0.25, 0.3) is 32.9 Å². The van der Waals surface area contributed by atoms with Crippen LogP contribution in [0.4, 0.5) is 0 Å². The van der Waals surface area contributed by atoms with Crippen molar-refractivity contribution in [3.8, 4) is 11.1 Å². The van der Waals surface area contributed by atoms with Gasteiger partial charge in [-0.3, -0.25) is 9.97 Å². The van der Waals surface area contributed by atoms with Gasteiger partial charge in [-0.2, -0.15) is 0 Å². The van der Waals surface area contributed by atoms with Gasteiger partial charge in [0.2, 0.25) is 0 Å². The summed E-state index contributed by atoms with van der Waals surface area (Å²) >= 11 is 0. The van der Waals surface area contributed by atoms with Crippen molar-refractivity contribution >= 4 is 21.8 Å². The molecule has 0 amide bonds. The second-order valence-corrected chi connectivity index (χ2v) is 4.93. The molecule has 3 aromatic heterocycles. The highest BCUT2D eigenvalue weighted by atomic mass is 14.9. The van der Waals surface area contributed by atoms with E-state index in [2.05, 4.69) is 51.9 Å². The van der Waals surface area contributed by atoms with Crippen molar-refractivity contribution in [2.75, 3.05) is 0 Å². The Morgan fingerprint density at radius 3 is 2.36 bits per heavy atom. The first kappa shape index (κ1) is 14.3. The summed E-state index contributed by atoms with van der Waals surface area (Å²) < 4.78 is 2.21. The predicted octanol–water partition coefficient (Wildman–Crippen LogP) is 4.81. The van der Waals surface area contributed by atoms with E-state index >= 15 is 0 Å². The Morgan fingerprint density at radius 1 is 0.773 bits per heavy atom. The van der Waals surface area contributed by atoms with E-state index in [-0.39, 0.29) is 0 Å². The molecule has 0 spiro atoms. The van der Waals surface area contributed by atoms with Gasteiger partial charge < -0.3 is 4.57 Å². The van der Waals surface area contributed by atoms with E-state index in [1.54, 1.807) is 6.20 Å². The van der Waals surface area contributed by atoms with Crippen LogP contribution in [0.3, 0.4) is 0 Å². The summed E-state index contributed by atoms with van der Waals surface area (Å²) in [6.07, 6.45) is 7.46. The van der Waals surface area contributed by atoms with Gasteiger partial charge >= 0.3 is 0 Å². The first-order valence-corrected chi connectivity index (χ1v) is 7.57. The number of fused-ring (bicyclic) bond motifs is 3. The average molecular weight is 289 g/mol. The fourth-order valence-electron chi connectivity index (χ4n) is 2.77. The molecule has 0 unspecified atom stereocenters. The van der Waals surface area contributed by atoms with E-state index in [1.165, 1.54) is 27.4 Å². The summed E-state index contributed by atoms with van der Waals surface area (Å²) in [5.74, 6) is 0. The van der Waals surface area contributed by atoms with Crippen LogP contribution in [-0.4, -0.2) is 14.5 Å². The summed E-state index contributed by atoms with van der Waals surface area (Å²) in [6, 6.07) is 12.6. The minimum absolute atomic E-state index is 1.14. The highest BCUT2D eigenvalue weighted by Crippen LogP contribution is 2.30. The molecule has 0 N–H and O–H groups in total. The monoisotopic (exact) mass is 289 g/mol. The van der Waals surface area contributed by atoms with Gasteiger partial charge in [0.25, 0.3) is 0 Å². The largest absolute Gasteiger partial charge is 0.343 e. The summed E-state index contributed by atoms with van der Waals surface area (Å²) in [5.41, 5.74) is 4.75. The molecule has 0 aliphatic carbocycles. The Hall–Kier alpha value is -2.68. The van der Waals surface area contributed by atoms with Gasteiger partial charge in [-0.05, 0) is 23.8 Å². The number of nitrogens with zero attached hydrogens (tertiary/aromatic N) is 3. The Labute approximate surface area is 130 Å². The van der Waals surface area contributed by atoms with Crippen molar-refractivity contribution in [3.63, 3.8) is 0 Å². The Balaban J connectivity index is 0.000000693. The summed E-state index contributed by atoms with van der Waals surface area (Å²) in [5, 5.41) is 2.44. The number of hydrogen-bond acceptors (Lipinski definition) is 2. The Morgan fingerprint density at radius 2 is 1.59 bits per heavy atom. The molecule has 110 valence electrons. The van der Waals surface area contributed by atoms with Crippen LogP contribution in [0.5, 0.6) is 0 Å². The molecule has 0 fully saturated rings. The van der Waals surface area contributed by atoms with Crippen LogP contribution in [0.2, 0.25) is 0 Å². The summed E-state index contributed by atoms with van der Waals surface area (Å²) in [6.45, 7) is 4.00. The van der Waals surface area contributed by atoms with Crippen LogP contribution < -0.4 is 0 Å². The average Bonchev–Trinajstić information content (AvgIpc) is 2.90. The molecule has 1 aromatic carbocycles. The molecule has 4 rings (SSSR count). The zero-order valence-electron chi connectivity index (χ0n) is 13.1. The van der Waals surface area contributed by atoms with Gasteiger partial charge in [-0.25, -0.2) is 0 Å². The van der Waals surface area contributed by atoms with E-state index in [4.69, 9.17) is 0 Å². The van der Waals surface area contributed by atoms with Crippen molar-refractivity contribution in [1.29, 1.82) is 0 Å². The maximum atomic E-state index is 4.23. The standard InChI is InChI=1S/C17H13N3.C2H6/c1-20-16-6-8-19-11-15(16)14-5-4-12(9-17(14)20)13-3-2-7-18-10-13;1-2/h2-11H,1H3;1-2H3. The fraction of sp³-hybridized carbons (Fsp3) is 0.158. The molecule has 0 aliphatic rings. The van der Waals surface area contributed by atoms with Crippen LogP contribution in [-0.2, 0) is 7.05 Å². The predicted molar refractivity (Wildman–Crippen MR) is 92.8 cm³/mol. The summed E-state index contributed by atoms with van der Waals surface area (Å²) in [7, 11) is 2.09. The van der Waals surface area contributed by atoms with Gasteiger partial charge in [0, 0.05) is 53.7 Å². The van der Waals surface area contributed by atoms with Gasteiger partial charge in [0.15, 0.2) is 0 Å². The molecule has 0 bridgehead atoms. The highest BCUT2D eigenvalue weighted by Gasteiger charge is 2.09. The first-order valence-electron chi connectivity index (χ1n) is 7.57. The second-order valence-electron chi connectivity index (χ2n) is 4.93. The van der Waals surface area contributed by atoms with E-state index < -0.39 is 0 Å². The molecule has 4 aromatic rings. The Kier molecular flexibility index (Phi) is 3.88. The summed E-state index contributed by atoms with van der Waals surface area (Å²) in [4.78, 5) is 8.42. The van der Waals surface area contributed by atoms with Gasteiger partial charge in [0.05, 0.1) is 5.52 Å². The third-order valence-corrected chi connectivity index (χ3v) is 3.80. The zero-order valence-corrected chi connectivity index (χ0v) is 13.1. The molecular weight excluding hydrogens is 270 g/mol. The van der Waals surface area contributed by atoms with Crippen molar-refractivity contribution in [1.82, 2.24) is 14.5 Å². The van der Waals surface area contributed by atoms with E-state index in [1.807, 2.05) is 38.5 Å². The highest BCUT2D eigenvalue weighted by molar-refractivity contribution is 6.08. The maximum Gasteiger partial charge on any atom is 0.0519 e. The second kappa shape index (κ2) is 5.98. The zero-order chi connectivity index (χ0) is 15.5. The number of hydrogen-bond donors (Lipinski definition) is 0. The van der Waals surface area contributed by atoms with Crippen LogP contribution >= 0.6 is 0 Å². The Bertz CT molecular complexity index is 908. The van der Waals surface area contributed by atoms with E-state index in [9.17, 15) is 0 Å². The number of aromatic nitrogens is 3. The van der Waals surface area contributed by atoms with Crippen molar-refractivity contribution in [2.24, 2.45) is 7.05 Å². The lowest BCUT2D eigenvalue weighted by Crippen LogP contribution is -1.87. The molecule has 0 radical (unpaired) electrons. The molecular formula is C19H19N3. The minimum Gasteiger partial charge on any atom is -0.343 e. The molecule has 3 heteroatoms. The third kappa shape index (κ3) is 2.25. The first-order chi connectivity index (χ1) is 10.8. The third-order valence-electron chi connectivity index (χ3n) is 3.80. The lowest BCUT2D eigenvalue weighted by molar-refractivity contribution is 1.01. The van der Waals surface area contributed by atoms with Crippen molar-refractivity contribution in [2.45, 2.75) is 13.8 Å². The molecule has 0 aliphatic heterocycles. The topological polar surface area (TPSA) is 30.7 Å². The molecule has 3 nitrogen and oxygen atoms in total. The molecule has 22 heavy (non-hydrogen) atoms. The number of rotatable bonds is 1. The molecule has 3 heterocycles. The minimum atomic E-state index is 1.14. The smallest absolute Gasteiger partial charge is 0.0519 e. The maximum absolute atomic E-state index is 4.23. The normalized spacial score (nSPS) is 10.5. The SMILES string of the molecule is CC.Cn1c2ccncc2c2ccc(-c3cccnc3)cc21. The van der Waals surface area contributed by atoms with Gasteiger partial charge in [0.1, 0.15) is 0 Å². The fourth-order valence-corrected chi connectivity index (χ4v) is 2.77. The van der Waals surface area contributed by atoms with Crippen LogP contribution in [0.1, 0.15) is 13.8 Å². The van der Waals surface area contributed by atoms with Crippen molar-refractivity contribution < 1.29 is 0 Å². The lowest BCUT2D eigenvalue weighted by atomic mass is 10.1. The van der Waals surface area contributed by atoms with Crippen LogP contribution in [0, 0.1) is 0 Å². The van der Waals surface area contributed by atoms with Gasteiger partial charge in [-0.1, -0.05) is 32.0 Å². The van der Waals surface area contributed by atoms with E-state index in [0.29, 0.717) is 0 Å². The molecule has 0 saturated carbocycles.